The topological polar surface area (TPSA) is 45.1 Å². The van der Waals surface area contributed by atoms with Crippen LogP contribution in [0.2, 0.25) is 0 Å². The summed E-state index contributed by atoms with van der Waals surface area (Å²) in [5.74, 6) is 0.826. The van der Waals surface area contributed by atoms with Crippen LogP contribution in [0.5, 0.6) is 0 Å². The lowest BCUT2D eigenvalue weighted by Gasteiger charge is -2.09. The first-order valence-electron chi connectivity index (χ1n) is 4.57. The summed E-state index contributed by atoms with van der Waals surface area (Å²) >= 11 is 0. The van der Waals surface area contributed by atoms with Crippen LogP contribution >= 0.6 is 0 Å². The van der Waals surface area contributed by atoms with E-state index in [4.69, 9.17) is 0 Å². The Kier molecular flexibility index (Phi) is 3.71. The van der Waals surface area contributed by atoms with E-state index in [9.17, 15) is 5.11 Å². The maximum atomic E-state index is 9.30. The number of hydrogen-bond donors (Lipinski definition) is 2. The van der Waals surface area contributed by atoms with Gasteiger partial charge in [-0.3, -0.25) is 0 Å². The number of anilines is 1. The van der Waals surface area contributed by atoms with Crippen molar-refractivity contribution in [2.24, 2.45) is 0 Å². The van der Waals surface area contributed by atoms with Crippen LogP contribution in [-0.2, 0) is 0 Å². The van der Waals surface area contributed by atoms with Crippen molar-refractivity contribution >= 4 is 5.82 Å². The van der Waals surface area contributed by atoms with Crippen LogP contribution in [0, 0.1) is 6.92 Å². The highest BCUT2D eigenvalue weighted by molar-refractivity contribution is 5.36. The maximum absolute atomic E-state index is 9.30. The second-order valence-electron chi connectivity index (χ2n) is 3.16. The first-order valence-corrected chi connectivity index (χ1v) is 4.57. The van der Waals surface area contributed by atoms with Gasteiger partial charge >= 0.3 is 0 Å². The smallest absolute Gasteiger partial charge is 0.126 e. The first-order chi connectivity index (χ1) is 6.22. The molecule has 0 radical (unpaired) electrons. The third kappa shape index (κ3) is 3.42. The van der Waals surface area contributed by atoms with E-state index in [0.717, 1.165) is 12.2 Å². The van der Waals surface area contributed by atoms with E-state index >= 15 is 0 Å². The van der Waals surface area contributed by atoms with E-state index in [-0.39, 0.29) is 6.10 Å². The van der Waals surface area contributed by atoms with Crippen LogP contribution in [0.4, 0.5) is 5.82 Å². The number of hydrogen-bond acceptors (Lipinski definition) is 3. The van der Waals surface area contributed by atoms with E-state index in [2.05, 4.69) is 10.3 Å². The SMILES string of the molecule is CC[C@H](O)CNc1cc(C)ccn1. The fraction of sp³-hybridized carbons (Fsp3) is 0.500. The molecule has 0 aliphatic carbocycles. The summed E-state index contributed by atoms with van der Waals surface area (Å²) in [6.07, 6.45) is 2.23. The molecule has 1 aromatic heterocycles. The average molecular weight is 180 g/mol. The quantitative estimate of drug-likeness (QED) is 0.739. The fourth-order valence-electron chi connectivity index (χ4n) is 1.000. The Labute approximate surface area is 78.8 Å². The molecule has 1 atom stereocenters. The van der Waals surface area contributed by atoms with Crippen LogP contribution in [0.25, 0.3) is 0 Å². The number of aryl methyl sites for hydroxylation is 1. The van der Waals surface area contributed by atoms with E-state index in [1.165, 1.54) is 5.56 Å². The van der Waals surface area contributed by atoms with Crippen molar-refractivity contribution in [1.82, 2.24) is 4.98 Å². The Morgan fingerprint density at radius 2 is 2.38 bits per heavy atom. The second kappa shape index (κ2) is 4.82. The van der Waals surface area contributed by atoms with Gasteiger partial charge in [0.25, 0.3) is 0 Å². The van der Waals surface area contributed by atoms with Crippen LogP contribution in [-0.4, -0.2) is 22.7 Å². The number of pyridine rings is 1. The van der Waals surface area contributed by atoms with E-state index in [1.807, 2.05) is 26.0 Å². The van der Waals surface area contributed by atoms with Gasteiger partial charge in [-0.25, -0.2) is 4.98 Å². The lowest BCUT2D eigenvalue weighted by Crippen LogP contribution is -2.18. The van der Waals surface area contributed by atoms with Gasteiger partial charge < -0.3 is 10.4 Å². The summed E-state index contributed by atoms with van der Waals surface area (Å²) in [6, 6.07) is 3.91. The van der Waals surface area contributed by atoms with Crippen molar-refractivity contribution in [3.8, 4) is 0 Å². The van der Waals surface area contributed by atoms with E-state index in [0.29, 0.717) is 6.54 Å². The van der Waals surface area contributed by atoms with Crippen molar-refractivity contribution in [3.63, 3.8) is 0 Å². The van der Waals surface area contributed by atoms with Crippen molar-refractivity contribution in [3.05, 3.63) is 23.9 Å². The molecule has 0 aliphatic rings. The normalized spacial score (nSPS) is 12.5. The molecule has 0 aliphatic heterocycles. The fourth-order valence-corrected chi connectivity index (χ4v) is 1.000. The van der Waals surface area contributed by atoms with Gasteiger partial charge in [0.05, 0.1) is 6.10 Å². The van der Waals surface area contributed by atoms with Crippen molar-refractivity contribution in [2.75, 3.05) is 11.9 Å². The second-order valence-corrected chi connectivity index (χ2v) is 3.16. The zero-order valence-corrected chi connectivity index (χ0v) is 8.12. The Bertz CT molecular complexity index is 263. The highest BCUT2D eigenvalue weighted by Gasteiger charge is 2.00. The molecule has 0 spiro atoms. The summed E-state index contributed by atoms with van der Waals surface area (Å²) < 4.78 is 0. The number of aliphatic hydroxyl groups is 1. The van der Waals surface area contributed by atoms with Crippen molar-refractivity contribution in [1.29, 1.82) is 0 Å². The standard InChI is InChI=1S/C10H16N2O/c1-3-9(13)7-12-10-6-8(2)4-5-11-10/h4-6,9,13H,3,7H2,1-2H3,(H,11,12)/t9-/m0/s1. The van der Waals surface area contributed by atoms with Gasteiger partial charge in [-0.15, -0.1) is 0 Å². The van der Waals surface area contributed by atoms with E-state index < -0.39 is 0 Å². The molecule has 0 unspecified atom stereocenters. The molecule has 13 heavy (non-hydrogen) atoms. The number of rotatable bonds is 4. The molecule has 3 heteroatoms. The molecule has 0 amide bonds. The van der Waals surface area contributed by atoms with Crippen LogP contribution in [0.1, 0.15) is 18.9 Å². The van der Waals surface area contributed by atoms with Gasteiger partial charge in [0.1, 0.15) is 5.82 Å². The predicted molar refractivity (Wildman–Crippen MR) is 53.8 cm³/mol. The van der Waals surface area contributed by atoms with Gasteiger partial charge in [-0.2, -0.15) is 0 Å². The van der Waals surface area contributed by atoms with Crippen LogP contribution < -0.4 is 5.32 Å². The molecule has 1 rings (SSSR count). The van der Waals surface area contributed by atoms with Crippen LogP contribution in [0.15, 0.2) is 18.3 Å². The zero-order valence-electron chi connectivity index (χ0n) is 8.12. The van der Waals surface area contributed by atoms with Gasteiger partial charge in [0.15, 0.2) is 0 Å². The Balaban J connectivity index is 2.45. The number of aliphatic hydroxyl groups excluding tert-OH is 1. The third-order valence-corrected chi connectivity index (χ3v) is 1.91. The molecule has 0 fully saturated rings. The van der Waals surface area contributed by atoms with Gasteiger partial charge in [-0.1, -0.05) is 6.92 Å². The van der Waals surface area contributed by atoms with E-state index in [1.54, 1.807) is 6.20 Å². The minimum atomic E-state index is -0.290. The summed E-state index contributed by atoms with van der Waals surface area (Å²) in [4.78, 5) is 4.12. The lowest BCUT2D eigenvalue weighted by atomic mass is 10.2. The molecule has 0 saturated carbocycles. The predicted octanol–water partition coefficient (Wildman–Crippen LogP) is 1.57. The molecule has 1 aromatic rings. The summed E-state index contributed by atoms with van der Waals surface area (Å²) in [6.45, 7) is 4.53. The van der Waals surface area contributed by atoms with Crippen molar-refractivity contribution < 1.29 is 5.11 Å². The summed E-state index contributed by atoms with van der Waals surface area (Å²) in [5, 5.41) is 12.4. The molecule has 72 valence electrons. The molecule has 1 heterocycles. The summed E-state index contributed by atoms with van der Waals surface area (Å²) in [7, 11) is 0. The molecule has 0 bridgehead atoms. The lowest BCUT2D eigenvalue weighted by molar-refractivity contribution is 0.183. The number of nitrogens with zero attached hydrogens (tertiary/aromatic N) is 1. The third-order valence-electron chi connectivity index (χ3n) is 1.91. The minimum absolute atomic E-state index is 0.290. The monoisotopic (exact) mass is 180 g/mol. The van der Waals surface area contributed by atoms with Crippen LogP contribution in [0.3, 0.4) is 0 Å². The molecule has 0 saturated heterocycles. The number of nitrogens with one attached hydrogen (secondary N) is 1. The Morgan fingerprint density at radius 1 is 1.62 bits per heavy atom. The Morgan fingerprint density at radius 3 is 3.00 bits per heavy atom. The molecular weight excluding hydrogens is 164 g/mol. The Hall–Kier alpha value is -1.09. The molecule has 3 nitrogen and oxygen atoms in total. The zero-order chi connectivity index (χ0) is 9.68. The maximum Gasteiger partial charge on any atom is 0.126 e. The number of aromatic nitrogens is 1. The molecule has 0 aromatic carbocycles. The van der Waals surface area contributed by atoms with Gasteiger partial charge in [0.2, 0.25) is 0 Å². The summed E-state index contributed by atoms with van der Waals surface area (Å²) in [5.41, 5.74) is 1.17. The molecular formula is C10H16N2O. The largest absolute Gasteiger partial charge is 0.391 e. The van der Waals surface area contributed by atoms with Crippen molar-refractivity contribution in [2.45, 2.75) is 26.4 Å². The first kappa shape index (κ1) is 9.99. The van der Waals surface area contributed by atoms with Gasteiger partial charge in [-0.05, 0) is 31.0 Å². The highest BCUT2D eigenvalue weighted by atomic mass is 16.3. The molecule has 2 N–H and O–H groups in total. The highest BCUT2D eigenvalue weighted by Crippen LogP contribution is 2.05. The van der Waals surface area contributed by atoms with Gasteiger partial charge in [0, 0.05) is 12.7 Å². The average Bonchev–Trinajstić information content (AvgIpc) is 2.14. The minimum Gasteiger partial charge on any atom is -0.391 e.